The van der Waals surface area contributed by atoms with Gasteiger partial charge in [0.2, 0.25) is 0 Å². The number of hydrogen-bond acceptors (Lipinski definition) is 3. The van der Waals surface area contributed by atoms with E-state index >= 15 is 0 Å². The number of esters is 1. The molecular formula is C28H46NO2S+. The number of ether oxygens (including phenoxy) is 1. The van der Waals surface area contributed by atoms with Crippen LogP contribution in [0.25, 0.3) is 0 Å². The minimum Gasteiger partial charge on any atom is -0.434 e. The molecule has 1 aromatic heterocycles. The summed E-state index contributed by atoms with van der Waals surface area (Å²) in [5.41, 5.74) is 0. The van der Waals surface area contributed by atoms with Crippen LogP contribution in [0.1, 0.15) is 116 Å². The van der Waals surface area contributed by atoms with E-state index in [0.29, 0.717) is 6.42 Å². The maximum atomic E-state index is 12.0. The first-order valence-corrected chi connectivity index (χ1v) is 14.1. The van der Waals surface area contributed by atoms with Crippen molar-refractivity contribution in [3.63, 3.8) is 0 Å². The van der Waals surface area contributed by atoms with Crippen LogP contribution < -0.4 is 4.57 Å². The molecule has 1 aromatic rings. The van der Waals surface area contributed by atoms with Crippen LogP contribution in [0.3, 0.4) is 0 Å². The molecule has 2 heterocycles. The average molecular weight is 461 g/mol. The first kappa shape index (κ1) is 27.0. The Morgan fingerprint density at radius 1 is 0.938 bits per heavy atom. The summed E-state index contributed by atoms with van der Waals surface area (Å²) >= 11 is 1.94. The minimum atomic E-state index is -0.0926. The lowest BCUT2D eigenvalue weighted by Gasteiger charge is -2.07. The number of allylic oxidation sites excluding steroid dienone is 1. The van der Waals surface area contributed by atoms with Crippen LogP contribution in [0.4, 0.5) is 0 Å². The molecule has 1 unspecified atom stereocenters. The van der Waals surface area contributed by atoms with Gasteiger partial charge in [-0.05, 0) is 25.7 Å². The molecule has 0 aliphatic carbocycles. The van der Waals surface area contributed by atoms with Crippen LogP contribution in [0.2, 0.25) is 0 Å². The second kappa shape index (κ2) is 18.2. The van der Waals surface area contributed by atoms with Gasteiger partial charge in [-0.1, -0.05) is 83.6 Å². The van der Waals surface area contributed by atoms with Gasteiger partial charge >= 0.3 is 5.97 Å². The molecule has 0 N–H and O–H groups in total. The van der Waals surface area contributed by atoms with Crippen LogP contribution in [0.15, 0.2) is 41.8 Å². The van der Waals surface area contributed by atoms with Gasteiger partial charge in [-0.25, -0.2) is 4.57 Å². The number of carbonyl (C=O) groups excluding carboxylic acids is 1. The summed E-state index contributed by atoms with van der Waals surface area (Å²) in [5, 5.41) is 0.724. The van der Waals surface area contributed by atoms with Gasteiger partial charge in [0.1, 0.15) is 12.8 Å². The fourth-order valence-electron chi connectivity index (χ4n) is 4.30. The fourth-order valence-corrected chi connectivity index (χ4v) is 5.59. The Morgan fingerprint density at radius 3 is 2.28 bits per heavy atom. The molecule has 3 nitrogen and oxygen atoms in total. The highest BCUT2D eigenvalue weighted by molar-refractivity contribution is 8.03. The summed E-state index contributed by atoms with van der Waals surface area (Å²) in [5.74, 6) is -0.0926. The van der Waals surface area contributed by atoms with E-state index < -0.39 is 0 Å². The van der Waals surface area contributed by atoms with E-state index in [-0.39, 0.29) is 5.97 Å². The molecule has 4 heteroatoms. The summed E-state index contributed by atoms with van der Waals surface area (Å²) < 4.78 is 7.56. The lowest BCUT2D eigenvalue weighted by molar-refractivity contribution is -0.697. The van der Waals surface area contributed by atoms with Gasteiger partial charge in [-0.15, -0.1) is 11.8 Å². The number of aryl methyl sites for hydroxylation is 1. The Hall–Kier alpha value is -1.29. The summed E-state index contributed by atoms with van der Waals surface area (Å²) in [6.45, 7) is 3.23. The lowest BCUT2D eigenvalue weighted by atomic mass is 10.0. The SMILES string of the molecule is CCCCCCCCCCCCCC1CCC(=COC(=O)CCCC[n+]2ccccc2)S1. The number of carbonyl (C=O) groups is 1. The minimum absolute atomic E-state index is 0.0926. The molecule has 1 atom stereocenters. The molecule has 1 fully saturated rings. The highest BCUT2D eigenvalue weighted by Crippen LogP contribution is 2.39. The van der Waals surface area contributed by atoms with Gasteiger partial charge < -0.3 is 4.74 Å². The Morgan fingerprint density at radius 2 is 1.59 bits per heavy atom. The van der Waals surface area contributed by atoms with Gasteiger partial charge in [0.15, 0.2) is 12.4 Å². The van der Waals surface area contributed by atoms with Crippen LogP contribution in [-0.4, -0.2) is 11.2 Å². The zero-order chi connectivity index (χ0) is 22.7. The van der Waals surface area contributed by atoms with E-state index in [9.17, 15) is 4.79 Å². The Bertz CT molecular complexity index is 632. The monoisotopic (exact) mass is 460 g/mol. The zero-order valence-electron chi connectivity index (χ0n) is 20.4. The number of nitrogens with zero attached hydrogens (tertiary/aromatic N) is 1. The normalized spacial score (nSPS) is 17.2. The molecule has 0 amide bonds. The van der Waals surface area contributed by atoms with Crippen molar-refractivity contribution in [1.82, 2.24) is 0 Å². The Kier molecular flexibility index (Phi) is 15.3. The quantitative estimate of drug-likeness (QED) is 0.0958. The van der Waals surface area contributed by atoms with Crippen molar-refractivity contribution < 1.29 is 14.1 Å². The van der Waals surface area contributed by atoms with Crippen molar-refractivity contribution in [2.24, 2.45) is 0 Å². The van der Waals surface area contributed by atoms with Crippen LogP contribution >= 0.6 is 11.8 Å². The van der Waals surface area contributed by atoms with Crippen molar-refractivity contribution in [1.29, 1.82) is 0 Å². The topological polar surface area (TPSA) is 30.2 Å². The maximum Gasteiger partial charge on any atom is 0.310 e. The van der Waals surface area contributed by atoms with Crippen molar-refractivity contribution >= 4 is 17.7 Å². The van der Waals surface area contributed by atoms with Gasteiger partial charge in [0.25, 0.3) is 0 Å². The smallest absolute Gasteiger partial charge is 0.310 e. The van der Waals surface area contributed by atoms with E-state index in [0.717, 1.165) is 31.1 Å². The van der Waals surface area contributed by atoms with Crippen LogP contribution in [0.5, 0.6) is 0 Å². The molecular weight excluding hydrogens is 414 g/mol. The predicted octanol–water partition coefficient (Wildman–Crippen LogP) is 8.13. The number of rotatable bonds is 18. The highest BCUT2D eigenvalue weighted by Gasteiger charge is 2.20. The Balaban J connectivity index is 1.41. The van der Waals surface area contributed by atoms with E-state index in [1.165, 1.54) is 88.4 Å². The molecule has 1 aliphatic rings. The zero-order valence-corrected chi connectivity index (χ0v) is 21.3. The van der Waals surface area contributed by atoms with Crippen molar-refractivity contribution in [2.45, 2.75) is 128 Å². The standard InChI is InChI=1S/C28H46NO2S/c1-2-3-4-5-6-7-8-9-10-11-13-18-26-20-21-27(32-26)25-31-28(30)19-14-17-24-29-22-15-12-16-23-29/h12,15-16,22-23,25-26H,2-11,13-14,17-21,24H2,1H3/q+1. The molecule has 1 aliphatic heterocycles. The number of thioether (sulfide) groups is 1. The summed E-state index contributed by atoms with van der Waals surface area (Å²) in [6, 6.07) is 6.08. The average Bonchev–Trinajstić information content (AvgIpc) is 3.27. The van der Waals surface area contributed by atoms with Gasteiger partial charge in [0, 0.05) is 35.1 Å². The van der Waals surface area contributed by atoms with Crippen LogP contribution in [-0.2, 0) is 16.1 Å². The predicted molar refractivity (Wildman–Crippen MR) is 136 cm³/mol. The Labute approximate surface area is 201 Å². The lowest BCUT2D eigenvalue weighted by Crippen LogP contribution is -2.32. The largest absolute Gasteiger partial charge is 0.434 e. The molecule has 180 valence electrons. The molecule has 0 radical (unpaired) electrons. The number of aromatic nitrogens is 1. The van der Waals surface area contributed by atoms with E-state index in [1.807, 2.05) is 30.0 Å². The van der Waals surface area contributed by atoms with Gasteiger partial charge in [0.05, 0.1) is 0 Å². The van der Waals surface area contributed by atoms with Crippen LogP contribution in [0, 0.1) is 0 Å². The maximum absolute atomic E-state index is 12.0. The van der Waals surface area contributed by atoms with Crippen molar-refractivity contribution in [3.8, 4) is 0 Å². The number of hydrogen-bond donors (Lipinski definition) is 0. The number of unbranched alkanes of at least 4 members (excludes halogenated alkanes) is 11. The molecule has 0 spiro atoms. The van der Waals surface area contributed by atoms with Crippen molar-refractivity contribution in [2.75, 3.05) is 0 Å². The molecule has 0 saturated carbocycles. The number of pyridine rings is 1. The van der Waals surface area contributed by atoms with Gasteiger partial charge in [-0.3, -0.25) is 4.79 Å². The summed E-state index contributed by atoms with van der Waals surface area (Å²) in [6.07, 6.45) is 27.3. The molecule has 0 bridgehead atoms. The third-order valence-corrected chi connectivity index (χ3v) is 7.71. The molecule has 0 aromatic carbocycles. The van der Waals surface area contributed by atoms with E-state index in [2.05, 4.69) is 23.9 Å². The summed E-state index contributed by atoms with van der Waals surface area (Å²) in [7, 11) is 0. The molecule has 2 rings (SSSR count). The third kappa shape index (κ3) is 13.3. The third-order valence-electron chi connectivity index (χ3n) is 6.31. The first-order chi connectivity index (χ1) is 15.8. The second-order valence-electron chi connectivity index (χ2n) is 9.25. The fraction of sp³-hybridized carbons (Fsp3) is 0.714. The van der Waals surface area contributed by atoms with E-state index in [4.69, 9.17) is 4.74 Å². The van der Waals surface area contributed by atoms with Gasteiger partial charge in [-0.2, -0.15) is 0 Å². The van der Waals surface area contributed by atoms with Crippen molar-refractivity contribution in [3.05, 3.63) is 41.8 Å². The highest BCUT2D eigenvalue weighted by atomic mass is 32.2. The summed E-state index contributed by atoms with van der Waals surface area (Å²) in [4.78, 5) is 13.3. The second-order valence-corrected chi connectivity index (χ2v) is 10.7. The first-order valence-electron chi connectivity index (χ1n) is 13.3. The molecule has 1 saturated heterocycles. The van der Waals surface area contributed by atoms with E-state index in [1.54, 1.807) is 6.26 Å². The molecule has 32 heavy (non-hydrogen) atoms.